The van der Waals surface area contributed by atoms with Crippen LogP contribution in [-0.2, 0) is 16.0 Å². The zero-order chi connectivity index (χ0) is 13.0. The van der Waals surface area contributed by atoms with E-state index in [2.05, 4.69) is 10.6 Å². The molecule has 2 rings (SSSR count). The lowest BCUT2D eigenvalue weighted by Crippen LogP contribution is -2.44. The second-order valence-corrected chi connectivity index (χ2v) is 4.45. The maximum atomic E-state index is 11.9. The molecule has 98 valence electrons. The molecule has 5 heteroatoms. The molecule has 1 heterocycles. The number of carbonyl (C=O) groups is 1. The molecule has 1 aromatic carbocycles. The molecule has 1 aliphatic rings. The van der Waals surface area contributed by atoms with Crippen molar-refractivity contribution in [3.05, 3.63) is 29.8 Å². The van der Waals surface area contributed by atoms with Crippen LogP contribution in [0.1, 0.15) is 5.56 Å². The van der Waals surface area contributed by atoms with Gasteiger partial charge < -0.3 is 20.5 Å². The summed E-state index contributed by atoms with van der Waals surface area (Å²) in [5.74, 6) is 0.176. The summed E-state index contributed by atoms with van der Waals surface area (Å²) < 4.78 is 5.28. The van der Waals surface area contributed by atoms with Crippen LogP contribution in [0.2, 0.25) is 0 Å². The van der Waals surface area contributed by atoms with Crippen molar-refractivity contribution in [2.75, 3.05) is 20.2 Å². The Labute approximate surface area is 106 Å². The van der Waals surface area contributed by atoms with Crippen LogP contribution in [0.4, 0.5) is 0 Å². The van der Waals surface area contributed by atoms with Gasteiger partial charge in [0.05, 0.1) is 18.6 Å². The quantitative estimate of drug-likeness (QED) is 0.705. The molecule has 0 spiro atoms. The normalized spacial score (nSPS) is 22.9. The molecule has 1 unspecified atom stereocenters. The Hall–Kier alpha value is -1.59. The first-order valence-corrected chi connectivity index (χ1v) is 6.00. The van der Waals surface area contributed by atoms with Gasteiger partial charge in [0, 0.05) is 20.2 Å². The lowest BCUT2D eigenvalue weighted by Gasteiger charge is -2.18. The first-order valence-electron chi connectivity index (χ1n) is 6.00. The number of hydrogen-bond acceptors (Lipinski definition) is 4. The average Bonchev–Trinajstić information content (AvgIpc) is 2.79. The summed E-state index contributed by atoms with van der Waals surface area (Å²) in [7, 11) is 1.65. The zero-order valence-corrected chi connectivity index (χ0v) is 10.3. The molecule has 1 amide bonds. The Morgan fingerprint density at radius 2 is 2.17 bits per heavy atom. The molecule has 0 aromatic heterocycles. The maximum absolute atomic E-state index is 11.9. The van der Waals surface area contributed by atoms with Gasteiger partial charge in [-0.1, -0.05) is 12.1 Å². The number of nitrogens with one attached hydrogen (secondary N) is 2. The summed E-state index contributed by atoms with van der Waals surface area (Å²) >= 11 is 0. The fourth-order valence-electron chi connectivity index (χ4n) is 2.10. The second-order valence-electron chi connectivity index (χ2n) is 4.45. The van der Waals surface area contributed by atoms with Gasteiger partial charge in [0.2, 0.25) is 5.91 Å². The summed E-state index contributed by atoms with van der Waals surface area (Å²) in [6.07, 6.45) is 0.349. The predicted molar refractivity (Wildman–Crippen MR) is 67.4 cm³/mol. The Morgan fingerprint density at radius 1 is 1.44 bits per heavy atom. The number of aromatic hydroxyl groups is 1. The monoisotopic (exact) mass is 250 g/mol. The standard InChI is InChI=1S/C13H18N2O3/c1-18-12-8-14-7-11(12)15-13(17)6-9-2-4-10(16)5-3-9/h2-5,11-12,14,16H,6-8H2,1H3,(H,15,17)/t11?,12-/m0/s1. The molecule has 3 N–H and O–H groups in total. The van der Waals surface area contributed by atoms with Crippen LogP contribution in [0.5, 0.6) is 5.75 Å². The lowest BCUT2D eigenvalue weighted by atomic mass is 10.1. The molecule has 1 fully saturated rings. The third-order valence-electron chi connectivity index (χ3n) is 3.11. The van der Waals surface area contributed by atoms with Crippen LogP contribution in [0.15, 0.2) is 24.3 Å². The van der Waals surface area contributed by atoms with E-state index < -0.39 is 0 Å². The summed E-state index contributed by atoms with van der Waals surface area (Å²) in [4.78, 5) is 11.9. The van der Waals surface area contributed by atoms with Gasteiger partial charge in [0.25, 0.3) is 0 Å². The molecule has 0 aliphatic carbocycles. The number of methoxy groups -OCH3 is 1. The highest BCUT2D eigenvalue weighted by Gasteiger charge is 2.27. The van der Waals surface area contributed by atoms with Gasteiger partial charge in [0.15, 0.2) is 0 Å². The molecule has 2 atom stereocenters. The van der Waals surface area contributed by atoms with E-state index in [-0.39, 0.29) is 23.8 Å². The Balaban J connectivity index is 1.86. The van der Waals surface area contributed by atoms with E-state index >= 15 is 0 Å². The molecular weight excluding hydrogens is 232 g/mol. The van der Waals surface area contributed by atoms with Crippen molar-refractivity contribution in [2.45, 2.75) is 18.6 Å². The Kier molecular flexibility index (Phi) is 4.17. The number of phenolic OH excluding ortho intramolecular Hbond substituents is 1. The van der Waals surface area contributed by atoms with Crippen molar-refractivity contribution < 1.29 is 14.6 Å². The number of amides is 1. The third kappa shape index (κ3) is 3.21. The van der Waals surface area contributed by atoms with Crippen LogP contribution in [0.25, 0.3) is 0 Å². The van der Waals surface area contributed by atoms with Gasteiger partial charge in [-0.15, -0.1) is 0 Å². The number of hydrogen-bond donors (Lipinski definition) is 3. The molecule has 5 nitrogen and oxygen atoms in total. The van der Waals surface area contributed by atoms with Gasteiger partial charge in [-0.2, -0.15) is 0 Å². The second kappa shape index (κ2) is 5.84. The average molecular weight is 250 g/mol. The van der Waals surface area contributed by atoms with Crippen molar-refractivity contribution in [3.63, 3.8) is 0 Å². The van der Waals surface area contributed by atoms with Crippen molar-refractivity contribution in [2.24, 2.45) is 0 Å². The molecule has 1 aliphatic heterocycles. The Bertz CT molecular complexity index is 405. The van der Waals surface area contributed by atoms with E-state index in [1.807, 2.05) is 0 Å². The third-order valence-corrected chi connectivity index (χ3v) is 3.11. The van der Waals surface area contributed by atoms with Crippen LogP contribution in [0, 0.1) is 0 Å². The fraction of sp³-hybridized carbons (Fsp3) is 0.462. The van der Waals surface area contributed by atoms with E-state index in [1.165, 1.54) is 0 Å². The Morgan fingerprint density at radius 3 is 2.83 bits per heavy atom. The zero-order valence-electron chi connectivity index (χ0n) is 10.3. The first kappa shape index (κ1) is 12.9. The minimum absolute atomic E-state index is 0.0274. The fourth-order valence-corrected chi connectivity index (χ4v) is 2.10. The molecular formula is C13H18N2O3. The van der Waals surface area contributed by atoms with Crippen LogP contribution < -0.4 is 10.6 Å². The largest absolute Gasteiger partial charge is 0.508 e. The van der Waals surface area contributed by atoms with Crippen molar-refractivity contribution >= 4 is 5.91 Å². The van der Waals surface area contributed by atoms with E-state index in [9.17, 15) is 4.79 Å². The summed E-state index contributed by atoms with van der Waals surface area (Å²) in [5.41, 5.74) is 0.880. The van der Waals surface area contributed by atoms with E-state index in [0.29, 0.717) is 6.42 Å². The summed E-state index contributed by atoms with van der Waals surface area (Å²) in [6, 6.07) is 6.68. The van der Waals surface area contributed by atoms with Crippen LogP contribution in [-0.4, -0.2) is 43.4 Å². The van der Waals surface area contributed by atoms with Gasteiger partial charge >= 0.3 is 0 Å². The van der Waals surface area contributed by atoms with Gasteiger partial charge in [-0.3, -0.25) is 4.79 Å². The number of carbonyl (C=O) groups excluding carboxylic acids is 1. The van der Waals surface area contributed by atoms with Gasteiger partial charge in [-0.25, -0.2) is 0 Å². The number of rotatable bonds is 4. The maximum Gasteiger partial charge on any atom is 0.224 e. The minimum Gasteiger partial charge on any atom is -0.508 e. The molecule has 18 heavy (non-hydrogen) atoms. The van der Waals surface area contributed by atoms with Crippen molar-refractivity contribution in [3.8, 4) is 5.75 Å². The van der Waals surface area contributed by atoms with Crippen LogP contribution in [0.3, 0.4) is 0 Å². The number of phenols is 1. The minimum atomic E-state index is -0.0311. The first-order chi connectivity index (χ1) is 8.69. The SMILES string of the molecule is CO[C@H]1CNCC1NC(=O)Cc1ccc(O)cc1. The highest BCUT2D eigenvalue weighted by Crippen LogP contribution is 2.10. The van der Waals surface area contributed by atoms with Crippen LogP contribution >= 0.6 is 0 Å². The molecule has 1 aromatic rings. The highest BCUT2D eigenvalue weighted by atomic mass is 16.5. The van der Waals surface area contributed by atoms with E-state index in [4.69, 9.17) is 9.84 Å². The molecule has 0 bridgehead atoms. The van der Waals surface area contributed by atoms with E-state index in [0.717, 1.165) is 18.7 Å². The topological polar surface area (TPSA) is 70.6 Å². The molecule has 1 saturated heterocycles. The lowest BCUT2D eigenvalue weighted by molar-refractivity contribution is -0.121. The number of ether oxygens (including phenoxy) is 1. The summed E-state index contributed by atoms with van der Waals surface area (Å²) in [6.45, 7) is 1.50. The number of benzene rings is 1. The van der Waals surface area contributed by atoms with Crippen molar-refractivity contribution in [1.29, 1.82) is 0 Å². The van der Waals surface area contributed by atoms with E-state index in [1.54, 1.807) is 31.4 Å². The molecule has 0 radical (unpaired) electrons. The predicted octanol–water partition coefficient (Wildman–Crippen LogP) is 0.0377. The molecule has 0 saturated carbocycles. The highest BCUT2D eigenvalue weighted by molar-refractivity contribution is 5.79. The van der Waals surface area contributed by atoms with Gasteiger partial charge in [0.1, 0.15) is 5.75 Å². The van der Waals surface area contributed by atoms with Gasteiger partial charge in [-0.05, 0) is 17.7 Å². The van der Waals surface area contributed by atoms with Crippen molar-refractivity contribution in [1.82, 2.24) is 10.6 Å². The summed E-state index contributed by atoms with van der Waals surface area (Å²) in [5, 5.41) is 15.3. The smallest absolute Gasteiger partial charge is 0.224 e.